The fourth-order valence-electron chi connectivity index (χ4n) is 4.05. The van der Waals surface area contributed by atoms with E-state index in [0.29, 0.717) is 0 Å². The Bertz CT molecular complexity index is 316. The summed E-state index contributed by atoms with van der Waals surface area (Å²) >= 11 is 0. The Balaban J connectivity index is 2.53. The van der Waals surface area contributed by atoms with Gasteiger partial charge in [0.15, 0.2) is 0 Å². The summed E-state index contributed by atoms with van der Waals surface area (Å²) in [7, 11) is -1.18. The van der Waals surface area contributed by atoms with Gasteiger partial charge in [0.25, 0.3) is 0 Å². The Morgan fingerprint density at radius 1 is 0.947 bits per heavy atom. The lowest BCUT2D eigenvalue weighted by atomic mass is 10.2. The van der Waals surface area contributed by atoms with Crippen LogP contribution in [0.25, 0.3) is 0 Å². The summed E-state index contributed by atoms with van der Waals surface area (Å²) < 4.78 is 5.42. The topological polar surface area (TPSA) is 13.1 Å². The predicted octanol–water partition coefficient (Wildman–Crippen LogP) is 6.28. The molecular formula is C17H32OSi. The van der Waals surface area contributed by atoms with E-state index >= 15 is 0 Å². The average Bonchev–Trinajstić information content (AvgIpc) is 2.80. The molecule has 0 aliphatic rings. The van der Waals surface area contributed by atoms with E-state index in [4.69, 9.17) is 4.42 Å². The van der Waals surface area contributed by atoms with Crippen LogP contribution in [0.4, 0.5) is 0 Å². The monoisotopic (exact) mass is 280 g/mol. The summed E-state index contributed by atoms with van der Waals surface area (Å²) in [6.45, 7) is 14.7. The Kier molecular flexibility index (Phi) is 6.38. The van der Waals surface area contributed by atoms with Crippen molar-refractivity contribution in [2.75, 3.05) is 0 Å². The first kappa shape index (κ1) is 16.6. The standard InChI is InChI=1S/C17H32OSi/c1-14(2)19(15(3)4,16(5)6)13-8-7-10-17-11-9-12-18-17/h9,11-12,14-16H,7-8,10,13H2,1-6H3. The molecule has 0 saturated carbocycles. The molecule has 1 nitrogen and oxygen atoms in total. The highest BCUT2D eigenvalue weighted by molar-refractivity contribution is 6.83. The number of hydrogen-bond donors (Lipinski definition) is 0. The lowest BCUT2D eigenvalue weighted by Crippen LogP contribution is -2.44. The number of aryl methyl sites for hydroxylation is 1. The summed E-state index contributed by atoms with van der Waals surface area (Å²) in [6.07, 6.45) is 5.52. The largest absolute Gasteiger partial charge is 0.469 e. The van der Waals surface area contributed by atoms with Crippen molar-refractivity contribution in [3.8, 4) is 0 Å². The molecule has 110 valence electrons. The molecule has 0 unspecified atom stereocenters. The second-order valence-corrected chi connectivity index (χ2v) is 13.1. The maximum Gasteiger partial charge on any atom is 0.103 e. The number of unbranched alkanes of at least 4 members (excludes halogenated alkanes) is 1. The number of furan rings is 1. The average molecular weight is 281 g/mol. The van der Waals surface area contributed by atoms with Crippen LogP contribution in [0.15, 0.2) is 22.8 Å². The second-order valence-electron chi connectivity index (χ2n) is 6.86. The molecule has 0 bridgehead atoms. The van der Waals surface area contributed by atoms with Crippen LogP contribution in [0.2, 0.25) is 22.7 Å². The number of hydrogen-bond acceptors (Lipinski definition) is 1. The Labute approximate surface area is 120 Å². The van der Waals surface area contributed by atoms with Crippen molar-refractivity contribution in [1.29, 1.82) is 0 Å². The van der Waals surface area contributed by atoms with Crippen molar-refractivity contribution in [2.45, 2.75) is 83.5 Å². The quantitative estimate of drug-likeness (QED) is 0.403. The van der Waals surface area contributed by atoms with Crippen LogP contribution in [0.5, 0.6) is 0 Å². The van der Waals surface area contributed by atoms with E-state index in [9.17, 15) is 0 Å². The maximum atomic E-state index is 5.42. The summed E-state index contributed by atoms with van der Waals surface area (Å²) in [6, 6.07) is 5.56. The van der Waals surface area contributed by atoms with Gasteiger partial charge in [0.2, 0.25) is 0 Å². The first-order chi connectivity index (χ1) is 8.91. The van der Waals surface area contributed by atoms with Gasteiger partial charge in [0.1, 0.15) is 5.76 Å². The van der Waals surface area contributed by atoms with Gasteiger partial charge in [-0.3, -0.25) is 0 Å². The maximum absolute atomic E-state index is 5.42. The van der Waals surface area contributed by atoms with Crippen molar-refractivity contribution < 1.29 is 4.42 Å². The molecule has 2 heteroatoms. The highest BCUT2D eigenvalue weighted by Crippen LogP contribution is 2.45. The number of rotatable bonds is 8. The minimum Gasteiger partial charge on any atom is -0.469 e. The van der Waals surface area contributed by atoms with Crippen LogP contribution in [0, 0.1) is 0 Å². The Hall–Kier alpha value is -0.503. The molecule has 0 fully saturated rings. The third kappa shape index (κ3) is 3.98. The van der Waals surface area contributed by atoms with Gasteiger partial charge in [-0.25, -0.2) is 0 Å². The molecule has 0 atom stereocenters. The summed E-state index contributed by atoms with van der Waals surface area (Å²) in [5.41, 5.74) is 2.66. The van der Waals surface area contributed by atoms with Crippen molar-refractivity contribution >= 4 is 8.07 Å². The van der Waals surface area contributed by atoms with E-state index in [1.54, 1.807) is 6.26 Å². The zero-order chi connectivity index (χ0) is 14.5. The SMILES string of the molecule is CC(C)[Si](CCCCc1ccco1)(C(C)C)C(C)C. The lowest BCUT2D eigenvalue weighted by molar-refractivity contribution is 0.499. The van der Waals surface area contributed by atoms with E-state index in [0.717, 1.165) is 28.8 Å². The molecule has 1 aromatic heterocycles. The fraction of sp³-hybridized carbons (Fsp3) is 0.765. The van der Waals surface area contributed by atoms with Gasteiger partial charge in [0, 0.05) is 6.42 Å². The molecule has 0 saturated heterocycles. The molecule has 1 rings (SSSR count). The van der Waals surface area contributed by atoms with Crippen LogP contribution >= 0.6 is 0 Å². The van der Waals surface area contributed by atoms with Gasteiger partial charge in [-0.05, 0) is 18.6 Å². The smallest absolute Gasteiger partial charge is 0.103 e. The van der Waals surface area contributed by atoms with Crippen LogP contribution in [-0.4, -0.2) is 8.07 Å². The van der Waals surface area contributed by atoms with Crippen molar-refractivity contribution in [3.63, 3.8) is 0 Å². The predicted molar refractivity (Wildman–Crippen MR) is 87.5 cm³/mol. The van der Waals surface area contributed by atoms with Crippen LogP contribution in [0.3, 0.4) is 0 Å². The van der Waals surface area contributed by atoms with E-state index in [-0.39, 0.29) is 0 Å². The highest BCUT2D eigenvalue weighted by Gasteiger charge is 2.41. The van der Waals surface area contributed by atoms with Gasteiger partial charge in [0.05, 0.1) is 14.3 Å². The molecule has 19 heavy (non-hydrogen) atoms. The van der Waals surface area contributed by atoms with Crippen LogP contribution < -0.4 is 0 Å². The fourth-order valence-corrected chi connectivity index (χ4v) is 10.6. The van der Waals surface area contributed by atoms with Crippen molar-refractivity contribution in [1.82, 2.24) is 0 Å². The third-order valence-corrected chi connectivity index (χ3v) is 12.8. The van der Waals surface area contributed by atoms with Gasteiger partial charge in [-0.2, -0.15) is 0 Å². The highest BCUT2D eigenvalue weighted by atomic mass is 28.3. The molecule has 0 aliphatic heterocycles. The molecule has 0 amide bonds. The summed E-state index contributed by atoms with van der Waals surface area (Å²) in [5, 5.41) is 0. The van der Waals surface area contributed by atoms with Gasteiger partial charge < -0.3 is 4.42 Å². The van der Waals surface area contributed by atoms with Gasteiger partial charge in [-0.1, -0.05) is 70.6 Å². The molecule has 0 aliphatic carbocycles. The second kappa shape index (κ2) is 7.32. The molecule has 0 aromatic carbocycles. The van der Waals surface area contributed by atoms with E-state index in [1.807, 2.05) is 6.07 Å². The normalized spacial score (nSPS) is 12.9. The Morgan fingerprint density at radius 2 is 1.53 bits per heavy atom. The van der Waals surface area contributed by atoms with Crippen molar-refractivity contribution in [2.24, 2.45) is 0 Å². The lowest BCUT2D eigenvalue weighted by Gasteiger charge is -2.43. The zero-order valence-electron chi connectivity index (χ0n) is 13.7. The van der Waals surface area contributed by atoms with Crippen LogP contribution in [-0.2, 0) is 6.42 Å². The third-order valence-electron chi connectivity index (χ3n) is 5.09. The molecule has 1 aromatic rings. The summed E-state index contributed by atoms with van der Waals surface area (Å²) in [4.78, 5) is 0. The van der Waals surface area contributed by atoms with Gasteiger partial charge in [-0.15, -0.1) is 0 Å². The minimum atomic E-state index is -1.18. The van der Waals surface area contributed by atoms with E-state index in [2.05, 4.69) is 47.6 Å². The molecular weight excluding hydrogens is 248 g/mol. The van der Waals surface area contributed by atoms with E-state index in [1.165, 1.54) is 18.9 Å². The first-order valence-corrected chi connectivity index (χ1v) is 10.4. The van der Waals surface area contributed by atoms with E-state index < -0.39 is 8.07 Å². The zero-order valence-corrected chi connectivity index (χ0v) is 14.7. The first-order valence-electron chi connectivity index (χ1n) is 7.93. The molecule has 0 spiro atoms. The summed E-state index contributed by atoms with van der Waals surface area (Å²) in [5.74, 6) is 1.14. The minimum absolute atomic E-state index is 0.885. The Morgan fingerprint density at radius 3 is 1.95 bits per heavy atom. The molecule has 0 radical (unpaired) electrons. The molecule has 1 heterocycles. The van der Waals surface area contributed by atoms with Crippen molar-refractivity contribution in [3.05, 3.63) is 24.2 Å². The van der Waals surface area contributed by atoms with Crippen LogP contribution in [0.1, 0.15) is 60.1 Å². The van der Waals surface area contributed by atoms with Gasteiger partial charge >= 0.3 is 0 Å². The molecule has 0 N–H and O–H groups in total.